The molecule has 2 rings (SSSR count). The molecule has 26 heavy (non-hydrogen) atoms. The largest absolute Gasteiger partial charge is 0.356 e. The fraction of sp³-hybridized carbons (Fsp3) is 0.474. The molecule has 0 aliphatic heterocycles. The highest BCUT2D eigenvalue weighted by Gasteiger charge is 2.14. The smallest absolute Gasteiger partial charge is 0.191 e. The number of hydrogen-bond acceptors (Lipinski definition) is 2. The van der Waals surface area contributed by atoms with Crippen LogP contribution < -0.4 is 10.6 Å². The van der Waals surface area contributed by atoms with Gasteiger partial charge in [0, 0.05) is 42.4 Å². The molecule has 0 aliphatic carbocycles. The summed E-state index contributed by atoms with van der Waals surface area (Å²) in [5, 5.41) is 12.6. The molecule has 1 aromatic carbocycles. The molecule has 0 bridgehead atoms. The SMILES string of the molecule is CN=C(NCCc1c(Cl)cccc1Cl)NC(C)Cc1c(C)nn(C)c1C. The lowest BCUT2D eigenvalue weighted by Gasteiger charge is -2.18. The van der Waals surface area contributed by atoms with Gasteiger partial charge in [-0.2, -0.15) is 5.10 Å². The maximum absolute atomic E-state index is 6.22. The van der Waals surface area contributed by atoms with Crippen molar-refractivity contribution >= 4 is 29.2 Å². The van der Waals surface area contributed by atoms with E-state index in [-0.39, 0.29) is 6.04 Å². The van der Waals surface area contributed by atoms with E-state index in [1.165, 1.54) is 11.3 Å². The minimum atomic E-state index is 0.228. The number of nitrogens with zero attached hydrogens (tertiary/aromatic N) is 3. The van der Waals surface area contributed by atoms with Crippen molar-refractivity contribution in [3.05, 3.63) is 50.8 Å². The lowest BCUT2D eigenvalue weighted by molar-refractivity contribution is 0.635. The number of aromatic nitrogens is 2. The summed E-state index contributed by atoms with van der Waals surface area (Å²) < 4.78 is 1.93. The first kappa shape index (κ1) is 20.6. The monoisotopic (exact) mass is 395 g/mol. The Hall–Kier alpha value is -1.72. The number of aryl methyl sites for hydroxylation is 2. The highest BCUT2D eigenvalue weighted by Crippen LogP contribution is 2.24. The van der Waals surface area contributed by atoms with E-state index in [0.717, 1.165) is 30.1 Å². The standard InChI is InChI=1S/C19H27Cl2N5/c1-12(11-16-13(2)25-26(5)14(16)3)24-19(22-4)23-10-9-15-17(20)7-6-8-18(15)21/h6-8,12H,9-11H2,1-5H3,(H2,22,23,24). The van der Waals surface area contributed by atoms with Crippen molar-refractivity contribution in [1.29, 1.82) is 0 Å². The maximum atomic E-state index is 6.22. The van der Waals surface area contributed by atoms with Gasteiger partial charge < -0.3 is 10.6 Å². The van der Waals surface area contributed by atoms with Crippen LogP contribution in [0, 0.1) is 13.8 Å². The van der Waals surface area contributed by atoms with E-state index in [9.17, 15) is 0 Å². The fourth-order valence-corrected chi connectivity index (χ4v) is 3.56. The minimum Gasteiger partial charge on any atom is -0.356 e. The van der Waals surface area contributed by atoms with Crippen molar-refractivity contribution in [1.82, 2.24) is 20.4 Å². The van der Waals surface area contributed by atoms with Crippen molar-refractivity contribution in [2.45, 2.75) is 39.7 Å². The lowest BCUT2D eigenvalue weighted by atomic mass is 10.1. The third kappa shape index (κ3) is 5.15. The molecule has 0 fully saturated rings. The number of aliphatic imine (C=N–C) groups is 1. The zero-order valence-corrected chi connectivity index (χ0v) is 17.5. The van der Waals surface area contributed by atoms with E-state index >= 15 is 0 Å². The third-order valence-electron chi connectivity index (χ3n) is 4.51. The normalized spacial score (nSPS) is 13.0. The molecule has 0 saturated carbocycles. The number of hydrogen-bond donors (Lipinski definition) is 2. The summed E-state index contributed by atoms with van der Waals surface area (Å²) in [7, 11) is 3.75. The van der Waals surface area contributed by atoms with Gasteiger partial charge in [0.2, 0.25) is 0 Å². The topological polar surface area (TPSA) is 54.2 Å². The highest BCUT2D eigenvalue weighted by atomic mass is 35.5. The van der Waals surface area contributed by atoms with Crippen LogP contribution in [0.15, 0.2) is 23.2 Å². The van der Waals surface area contributed by atoms with Gasteiger partial charge in [-0.15, -0.1) is 0 Å². The average Bonchev–Trinajstić information content (AvgIpc) is 2.82. The van der Waals surface area contributed by atoms with Crippen LogP contribution >= 0.6 is 23.2 Å². The summed E-state index contributed by atoms with van der Waals surface area (Å²) >= 11 is 12.4. The second-order valence-electron chi connectivity index (χ2n) is 6.47. The van der Waals surface area contributed by atoms with Gasteiger partial charge in [0.15, 0.2) is 5.96 Å². The molecule has 0 amide bonds. The number of guanidine groups is 1. The van der Waals surface area contributed by atoms with Crippen molar-refractivity contribution in [2.24, 2.45) is 12.0 Å². The molecule has 142 valence electrons. The molecular weight excluding hydrogens is 369 g/mol. The van der Waals surface area contributed by atoms with E-state index in [1.807, 2.05) is 29.9 Å². The Kier molecular flexibility index (Phi) is 7.35. The summed E-state index contributed by atoms with van der Waals surface area (Å²) in [6.07, 6.45) is 1.62. The van der Waals surface area contributed by atoms with Crippen LogP contribution in [0.5, 0.6) is 0 Å². The van der Waals surface area contributed by atoms with E-state index in [4.69, 9.17) is 23.2 Å². The van der Waals surface area contributed by atoms with Crippen molar-refractivity contribution in [3.8, 4) is 0 Å². The van der Waals surface area contributed by atoms with Crippen molar-refractivity contribution < 1.29 is 0 Å². The molecule has 0 spiro atoms. The molecule has 0 saturated heterocycles. The van der Waals surface area contributed by atoms with Gasteiger partial charge in [0.1, 0.15) is 0 Å². The van der Waals surface area contributed by atoms with Gasteiger partial charge in [-0.1, -0.05) is 29.3 Å². The molecule has 0 aliphatic rings. The molecule has 7 heteroatoms. The van der Waals surface area contributed by atoms with Crippen LogP contribution in [-0.4, -0.2) is 35.4 Å². The van der Waals surface area contributed by atoms with Crippen LogP contribution in [0.3, 0.4) is 0 Å². The molecule has 0 radical (unpaired) electrons. The number of nitrogens with one attached hydrogen (secondary N) is 2. The van der Waals surface area contributed by atoms with Crippen LogP contribution in [0.25, 0.3) is 0 Å². The summed E-state index contributed by atoms with van der Waals surface area (Å²) in [6, 6.07) is 5.80. The van der Waals surface area contributed by atoms with Gasteiger partial charge in [-0.25, -0.2) is 0 Å². The van der Waals surface area contributed by atoms with Gasteiger partial charge in [-0.3, -0.25) is 9.67 Å². The first-order valence-corrected chi connectivity index (χ1v) is 9.48. The minimum absolute atomic E-state index is 0.228. The molecule has 1 unspecified atom stereocenters. The predicted octanol–water partition coefficient (Wildman–Crippen LogP) is 3.68. The van der Waals surface area contributed by atoms with Crippen molar-refractivity contribution in [2.75, 3.05) is 13.6 Å². The van der Waals surface area contributed by atoms with E-state index in [1.54, 1.807) is 7.05 Å². The first-order chi connectivity index (χ1) is 12.3. The summed E-state index contributed by atoms with van der Waals surface area (Å²) in [5.41, 5.74) is 4.52. The Balaban J connectivity index is 1.89. The molecule has 1 atom stereocenters. The fourth-order valence-electron chi connectivity index (χ4n) is 2.98. The zero-order chi connectivity index (χ0) is 19.3. The molecule has 1 aromatic heterocycles. The van der Waals surface area contributed by atoms with E-state index in [2.05, 4.69) is 41.5 Å². The second-order valence-corrected chi connectivity index (χ2v) is 7.29. The quantitative estimate of drug-likeness (QED) is 0.579. The Labute approximate surface area is 165 Å². The van der Waals surface area contributed by atoms with Crippen LogP contribution in [-0.2, 0) is 19.9 Å². The maximum Gasteiger partial charge on any atom is 0.191 e. The second kappa shape index (κ2) is 9.28. The number of benzene rings is 1. The first-order valence-electron chi connectivity index (χ1n) is 8.72. The van der Waals surface area contributed by atoms with Crippen molar-refractivity contribution in [3.63, 3.8) is 0 Å². The molecule has 2 aromatic rings. The molecule has 5 nitrogen and oxygen atoms in total. The Morgan fingerprint density at radius 1 is 1.23 bits per heavy atom. The van der Waals surface area contributed by atoms with Gasteiger partial charge >= 0.3 is 0 Å². The van der Waals surface area contributed by atoms with E-state index in [0.29, 0.717) is 16.6 Å². The predicted molar refractivity (Wildman–Crippen MR) is 111 cm³/mol. The van der Waals surface area contributed by atoms with E-state index < -0.39 is 0 Å². The Morgan fingerprint density at radius 3 is 2.42 bits per heavy atom. The number of halogens is 2. The highest BCUT2D eigenvalue weighted by molar-refractivity contribution is 6.35. The van der Waals surface area contributed by atoms with Gasteiger partial charge in [0.25, 0.3) is 0 Å². The molecule has 2 N–H and O–H groups in total. The van der Waals surface area contributed by atoms with Gasteiger partial charge in [-0.05, 0) is 56.9 Å². The number of rotatable bonds is 6. The van der Waals surface area contributed by atoms with Crippen LogP contribution in [0.1, 0.15) is 29.4 Å². The van der Waals surface area contributed by atoms with Crippen LogP contribution in [0.2, 0.25) is 10.0 Å². The Morgan fingerprint density at radius 2 is 1.88 bits per heavy atom. The zero-order valence-electron chi connectivity index (χ0n) is 16.0. The lowest BCUT2D eigenvalue weighted by Crippen LogP contribution is -2.43. The molecule has 1 heterocycles. The summed E-state index contributed by atoms with van der Waals surface area (Å²) in [6.45, 7) is 6.99. The summed E-state index contributed by atoms with van der Waals surface area (Å²) in [5.74, 6) is 0.764. The van der Waals surface area contributed by atoms with Gasteiger partial charge in [0.05, 0.1) is 5.69 Å². The van der Waals surface area contributed by atoms with Crippen LogP contribution in [0.4, 0.5) is 0 Å². The third-order valence-corrected chi connectivity index (χ3v) is 5.21. The Bertz CT molecular complexity index is 762. The molecular formula is C19H27Cl2N5. The summed E-state index contributed by atoms with van der Waals surface area (Å²) in [4.78, 5) is 4.30. The average molecular weight is 396 g/mol.